The van der Waals surface area contributed by atoms with Gasteiger partial charge in [-0.15, -0.1) is 11.3 Å². The van der Waals surface area contributed by atoms with Crippen molar-refractivity contribution in [1.82, 2.24) is 14.7 Å². The maximum absolute atomic E-state index is 12.2. The Hall–Kier alpha value is -1.80. The molecule has 0 radical (unpaired) electrons. The maximum Gasteiger partial charge on any atom is 0.215 e. The minimum absolute atomic E-state index is 0.132. The standard InChI is InChI=1S/C17H16ClN3O2S2/c18-15-4-2-1-3-14(15)12-25(22,23)20-10-7-17-21-16(11-24-17)13-5-8-19-9-6-13/h1-6,8-9,11,20H,7,10,12H2. The lowest BCUT2D eigenvalue weighted by Gasteiger charge is -2.07. The molecule has 1 aromatic carbocycles. The van der Waals surface area contributed by atoms with Crippen LogP contribution in [0.5, 0.6) is 0 Å². The summed E-state index contributed by atoms with van der Waals surface area (Å²) in [5.74, 6) is -0.132. The topological polar surface area (TPSA) is 72.0 Å². The van der Waals surface area contributed by atoms with Crippen LogP contribution < -0.4 is 4.72 Å². The van der Waals surface area contributed by atoms with Crippen LogP contribution in [0.2, 0.25) is 5.02 Å². The second-order valence-corrected chi connectivity index (χ2v) is 8.51. The predicted molar refractivity (Wildman–Crippen MR) is 101 cm³/mol. The van der Waals surface area contributed by atoms with E-state index in [1.165, 1.54) is 11.3 Å². The molecule has 0 saturated heterocycles. The molecule has 2 aromatic heterocycles. The van der Waals surface area contributed by atoms with E-state index >= 15 is 0 Å². The zero-order valence-corrected chi connectivity index (χ0v) is 15.6. The lowest BCUT2D eigenvalue weighted by Crippen LogP contribution is -2.27. The predicted octanol–water partition coefficient (Wildman–Crippen LogP) is 3.52. The van der Waals surface area contributed by atoms with E-state index in [0.717, 1.165) is 16.3 Å². The maximum atomic E-state index is 12.2. The molecule has 0 spiro atoms. The van der Waals surface area contributed by atoms with E-state index in [0.29, 0.717) is 23.6 Å². The van der Waals surface area contributed by atoms with Gasteiger partial charge in [0.15, 0.2) is 0 Å². The number of halogens is 1. The van der Waals surface area contributed by atoms with Crippen molar-refractivity contribution in [3.8, 4) is 11.3 Å². The van der Waals surface area contributed by atoms with E-state index < -0.39 is 10.0 Å². The van der Waals surface area contributed by atoms with E-state index in [4.69, 9.17) is 11.6 Å². The smallest absolute Gasteiger partial charge is 0.215 e. The fourth-order valence-corrected chi connectivity index (χ4v) is 4.53. The quantitative estimate of drug-likeness (QED) is 0.666. The third-order valence-corrected chi connectivity index (χ3v) is 6.10. The van der Waals surface area contributed by atoms with Crippen LogP contribution in [0.3, 0.4) is 0 Å². The van der Waals surface area contributed by atoms with Gasteiger partial charge in [-0.25, -0.2) is 18.1 Å². The molecule has 3 aromatic rings. The molecule has 5 nitrogen and oxygen atoms in total. The fourth-order valence-electron chi connectivity index (χ4n) is 2.27. The summed E-state index contributed by atoms with van der Waals surface area (Å²) in [4.78, 5) is 8.52. The van der Waals surface area contributed by atoms with Gasteiger partial charge in [-0.1, -0.05) is 29.8 Å². The largest absolute Gasteiger partial charge is 0.265 e. The molecule has 0 atom stereocenters. The van der Waals surface area contributed by atoms with Gasteiger partial charge in [-0.3, -0.25) is 4.98 Å². The summed E-state index contributed by atoms with van der Waals surface area (Å²) < 4.78 is 27.0. The number of nitrogens with one attached hydrogen (secondary N) is 1. The molecular formula is C17H16ClN3O2S2. The summed E-state index contributed by atoms with van der Waals surface area (Å²) in [5, 5.41) is 3.30. The second-order valence-electron chi connectivity index (χ2n) is 5.36. The van der Waals surface area contributed by atoms with Crippen molar-refractivity contribution in [2.24, 2.45) is 0 Å². The van der Waals surface area contributed by atoms with Gasteiger partial charge in [0, 0.05) is 41.3 Å². The number of sulfonamides is 1. The van der Waals surface area contributed by atoms with Crippen molar-refractivity contribution in [2.45, 2.75) is 12.2 Å². The van der Waals surface area contributed by atoms with Crippen LogP contribution in [0.15, 0.2) is 54.2 Å². The Bertz CT molecular complexity index is 943. The zero-order valence-electron chi connectivity index (χ0n) is 13.2. The van der Waals surface area contributed by atoms with Gasteiger partial charge in [0.05, 0.1) is 16.5 Å². The summed E-state index contributed by atoms with van der Waals surface area (Å²) in [5.41, 5.74) is 2.46. The van der Waals surface area contributed by atoms with Crippen LogP contribution >= 0.6 is 22.9 Å². The highest BCUT2D eigenvalue weighted by atomic mass is 35.5. The molecule has 0 aliphatic heterocycles. The first kappa shape index (κ1) is 18.0. The molecule has 1 N–H and O–H groups in total. The van der Waals surface area contributed by atoms with Crippen molar-refractivity contribution in [3.63, 3.8) is 0 Å². The van der Waals surface area contributed by atoms with E-state index in [2.05, 4.69) is 14.7 Å². The normalized spacial score (nSPS) is 11.6. The van der Waals surface area contributed by atoms with E-state index in [1.54, 1.807) is 36.7 Å². The lowest BCUT2D eigenvalue weighted by atomic mass is 10.2. The molecule has 0 unspecified atom stereocenters. The Morgan fingerprint density at radius 3 is 2.64 bits per heavy atom. The molecular weight excluding hydrogens is 378 g/mol. The molecule has 2 heterocycles. The first-order valence-electron chi connectivity index (χ1n) is 7.59. The number of rotatable bonds is 7. The lowest BCUT2D eigenvalue weighted by molar-refractivity contribution is 0.580. The summed E-state index contributed by atoms with van der Waals surface area (Å²) >= 11 is 7.53. The third kappa shape index (κ3) is 5.09. The number of hydrogen-bond donors (Lipinski definition) is 1. The highest BCUT2D eigenvalue weighted by Gasteiger charge is 2.13. The Balaban J connectivity index is 1.56. The van der Waals surface area contributed by atoms with E-state index in [1.807, 2.05) is 17.5 Å². The van der Waals surface area contributed by atoms with Crippen molar-refractivity contribution >= 4 is 33.0 Å². The van der Waals surface area contributed by atoms with Gasteiger partial charge < -0.3 is 0 Å². The van der Waals surface area contributed by atoms with Crippen molar-refractivity contribution < 1.29 is 8.42 Å². The zero-order chi connectivity index (χ0) is 17.7. The number of benzene rings is 1. The summed E-state index contributed by atoms with van der Waals surface area (Å²) in [6, 6.07) is 10.7. The van der Waals surface area contributed by atoms with Gasteiger partial charge in [0.1, 0.15) is 0 Å². The number of hydrogen-bond acceptors (Lipinski definition) is 5. The summed E-state index contributed by atoms with van der Waals surface area (Å²) in [6.45, 7) is 0.302. The first-order chi connectivity index (χ1) is 12.0. The molecule has 25 heavy (non-hydrogen) atoms. The Labute approximate surface area is 155 Å². The van der Waals surface area contributed by atoms with Gasteiger partial charge in [0.25, 0.3) is 0 Å². The molecule has 0 aliphatic carbocycles. The average molecular weight is 394 g/mol. The van der Waals surface area contributed by atoms with Gasteiger partial charge in [-0.2, -0.15) is 0 Å². The summed E-state index contributed by atoms with van der Waals surface area (Å²) in [7, 11) is -3.44. The first-order valence-corrected chi connectivity index (χ1v) is 10.5. The number of pyridine rings is 1. The molecule has 0 aliphatic rings. The third-order valence-electron chi connectivity index (χ3n) is 3.49. The van der Waals surface area contributed by atoms with Crippen LogP contribution in [0, 0.1) is 0 Å². The Kier molecular flexibility index (Phi) is 5.80. The molecule has 130 valence electrons. The Morgan fingerprint density at radius 1 is 1.12 bits per heavy atom. The number of aromatic nitrogens is 2. The molecule has 3 rings (SSSR count). The monoisotopic (exact) mass is 393 g/mol. The molecule has 0 bridgehead atoms. The van der Waals surface area contributed by atoms with Crippen LogP contribution in [-0.2, 0) is 22.2 Å². The van der Waals surface area contributed by atoms with Gasteiger partial charge >= 0.3 is 0 Å². The van der Waals surface area contributed by atoms with Crippen LogP contribution in [-0.4, -0.2) is 24.9 Å². The highest BCUT2D eigenvalue weighted by Crippen LogP contribution is 2.21. The number of thiazole rings is 1. The average Bonchev–Trinajstić information content (AvgIpc) is 3.06. The van der Waals surface area contributed by atoms with Crippen molar-refractivity contribution in [3.05, 3.63) is 69.8 Å². The summed E-state index contributed by atoms with van der Waals surface area (Å²) in [6.07, 6.45) is 3.98. The minimum atomic E-state index is -3.44. The highest BCUT2D eigenvalue weighted by molar-refractivity contribution is 7.88. The molecule has 0 amide bonds. The molecule has 0 saturated carbocycles. The molecule has 8 heteroatoms. The van der Waals surface area contributed by atoms with Gasteiger partial charge in [0.2, 0.25) is 10.0 Å². The molecule has 0 fully saturated rings. The van der Waals surface area contributed by atoms with Crippen LogP contribution in [0.25, 0.3) is 11.3 Å². The van der Waals surface area contributed by atoms with Crippen molar-refractivity contribution in [1.29, 1.82) is 0 Å². The van der Waals surface area contributed by atoms with E-state index in [-0.39, 0.29) is 5.75 Å². The van der Waals surface area contributed by atoms with Gasteiger partial charge in [-0.05, 0) is 23.8 Å². The SMILES string of the molecule is O=S(=O)(Cc1ccccc1Cl)NCCc1nc(-c2ccncc2)cs1. The van der Waals surface area contributed by atoms with Crippen LogP contribution in [0.4, 0.5) is 0 Å². The van der Waals surface area contributed by atoms with Crippen molar-refractivity contribution in [2.75, 3.05) is 6.54 Å². The fraction of sp³-hybridized carbons (Fsp3) is 0.176. The van der Waals surface area contributed by atoms with E-state index in [9.17, 15) is 8.42 Å². The van der Waals surface area contributed by atoms with Crippen LogP contribution in [0.1, 0.15) is 10.6 Å². The number of nitrogens with zero attached hydrogens (tertiary/aromatic N) is 2. The Morgan fingerprint density at radius 2 is 1.88 bits per heavy atom. The second kappa shape index (κ2) is 8.05. The minimum Gasteiger partial charge on any atom is -0.265 e.